The third-order valence-corrected chi connectivity index (χ3v) is 3.21. The maximum atomic E-state index is 12.1. The molecule has 15 heavy (non-hydrogen) atoms. The topological polar surface area (TPSA) is 44.1 Å². The number of ether oxygens (including phenoxy) is 1. The molecule has 82 valence electrons. The number of aromatic nitrogens is 2. The summed E-state index contributed by atoms with van der Waals surface area (Å²) in [6.07, 6.45) is 2.49. The Hall–Kier alpha value is -0.680. The van der Waals surface area contributed by atoms with Crippen LogP contribution in [0.15, 0.2) is 10.7 Å². The number of Topliss-reactive ketones (excluding diaryl/α,β-unsaturated/α-hetero) is 1. The number of aryl methyl sites for hydroxylation is 1. The first kappa shape index (κ1) is 10.8. The number of carbonyl (C=O) groups is 1. The molecule has 5 heteroatoms. The van der Waals surface area contributed by atoms with Crippen LogP contribution >= 0.6 is 15.9 Å². The first-order chi connectivity index (χ1) is 7.24. The van der Waals surface area contributed by atoms with Crippen LogP contribution in [0.2, 0.25) is 0 Å². The highest BCUT2D eigenvalue weighted by molar-refractivity contribution is 9.10. The van der Waals surface area contributed by atoms with Gasteiger partial charge in [-0.1, -0.05) is 0 Å². The van der Waals surface area contributed by atoms with Gasteiger partial charge in [-0.05, 0) is 29.3 Å². The van der Waals surface area contributed by atoms with Crippen LogP contribution in [-0.2, 0) is 11.3 Å². The van der Waals surface area contributed by atoms with E-state index < -0.39 is 0 Å². The maximum Gasteiger partial charge on any atom is 0.187 e. The number of nitrogens with zero attached hydrogens (tertiary/aromatic N) is 2. The molecule has 0 saturated carbocycles. The minimum absolute atomic E-state index is 0.00306. The van der Waals surface area contributed by atoms with Crippen molar-refractivity contribution >= 4 is 21.7 Å². The Kier molecular flexibility index (Phi) is 3.21. The van der Waals surface area contributed by atoms with E-state index >= 15 is 0 Å². The molecule has 4 nitrogen and oxygen atoms in total. The van der Waals surface area contributed by atoms with Crippen LogP contribution in [0.4, 0.5) is 0 Å². The molecule has 1 unspecified atom stereocenters. The molecule has 0 aromatic carbocycles. The minimum atomic E-state index is 0.00306. The summed E-state index contributed by atoms with van der Waals surface area (Å²) in [5.74, 6) is 0.141. The van der Waals surface area contributed by atoms with E-state index in [0.717, 1.165) is 10.9 Å². The van der Waals surface area contributed by atoms with Gasteiger partial charge < -0.3 is 4.74 Å². The van der Waals surface area contributed by atoms with Crippen molar-refractivity contribution in [2.75, 3.05) is 13.2 Å². The fourth-order valence-corrected chi connectivity index (χ4v) is 2.27. The SMILES string of the molecule is CCn1ncc(Br)c1C(=O)C1CCOC1. The lowest BCUT2D eigenvalue weighted by Gasteiger charge is -2.08. The van der Waals surface area contributed by atoms with Crippen molar-refractivity contribution in [1.29, 1.82) is 0 Å². The Labute approximate surface area is 96.7 Å². The minimum Gasteiger partial charge on any atom is -0.381 e. The molecule has 1 aliphatic rings. The molecule has 0 radical (unpaired) electrons. The van der Waals surface area contributed by atoms with Crippen molar-refractivity contribution in [3.63, 3.8) is 0 Å². The molecule has 1 aromatic rings. The standard InChI is InChI=1S/C10H13BrN2O2/c1-2-13-9(8(11)5-12-13)10(14)7-3-4-15-6-7/h5,7H,2-4,6H2,1H3. The van der Waals surface area contributed by atoms with E-state index in [0.29, 0.717) is 25.5 Å². The summed E-state index contributed by atoms with van der Waals surface area (Å²) < 4.78 is 7.73. The first-order valence-electron chi connectivity index (χ1n) is 5.07. The van der Waals surface area contributed by atoms with E-state index in [4.69, 9.17) is 4.74 Å². The zero-order valence-corrected chi connectivity index (χ0v) is 10.2. The van der Waals surface area contributed by atoms with Crippen molar-refractivity contribution in [2.24, 2.45) is 5.92 Å². The van der Waals surface area contributed by atoms with Crippen LogP contribution in [0, 0.1) is 5.92 Å². The molecule has 0 amide bonds. The van der Waals surface area contributed by atoms with Crippen LogP contribution in [-0.4, -0.2) is 28.8 Å². The summed E-state index contributed by atoms with van der Waals surface area (Å²) in [6, 6.07) is 0. The molecule has 0 aliphatic carbocycles. The average Bonchev–Trinajstić information content (AvgIpc) is 2.85. The molecule has 1 aromatic heterocycles. The summed E-state index contributed by atoms with van der Waals surface area (Å²) in [4.78, 5) is 12.1. The fraction of sp³-hybridized carbons (Fsp3) is 0.600. The molecule has 0 spiro atoms. The van der Waals surface area contributed by atoms with Crippen LogP contribution in [0.25, 0.3) is 0 Å². The third kappa shape index (κ3) is 1.99. The van der Waals surface area contributed by atoms with Gasteiger partial charge in [-0.3, -0.25) is 9.48 Å². The van der Waals surface area contributed by atoms with Gasteiger partial charge in [0.1, 0.15) is 5.69 Å². The highest BCUT2D eigenvalue weighted by atomic mass is 79.9. The lowest BCUT2D eigenvalue weighted by atomic mass is 10.0. The van der Waals surface area contributed by atoms with Gasteiger partial charge in [-0.25, -0.2) is 0 Å². The summed E-state index contributed by atoms with van der Waals surface area (Å²) in [6.45, 7) is 3.91. The highest BCUT2D eigenvalue weighted by Gasteiger charge is 2.28. The number of ketones is 1. The van der Waals surface area contributed by atoms with Gasteiger partial charge in [-0.2, -0.15) is 5.10 Å². The van der Waals surface area contributed by atoms with E-state index in [1.807, 2.05) is 6.92 Å². The Bertz CT molecular complexity index is 369. The monoisotopic (exact) mass is 272 g/mol. The molecule has 1 fully saturated rings. The molecular weight excluding hydrogens is 260 g/mol. The number of hydrogen-bond donors (Lipinski definition) is 0. The Morgan fingerprint density at radius 2 is 2.60 bits per heavy atom. The Balaban J connectivity index is 2.27. The molecule has 0 N–H and O–H groups in total. The average molecular weight is 273 g/mol. The van der Waals surface area contributed by atoms with E-state index in [9.17, 15) is 4.79 Å². The maximum absolute atomic E-state index is 12.1. The second-order valence-corrected chi connectivity index (χ2v) is 4.44. The van der Waals surface area contributed by atoms with Crippen LogP contribution in [0.3, 0.4) is 0 Å². The predicted molar refractivity (Wildman–Crippen MR) is 58.9 cm³/mol. The van der Waals surface area contributed by atoms with Gasteiger partial charge in [0.25, 0.3) is 0 Å². The second-order valence-electron chi connectivity index (χ2n) is 3.58. The van der Waals surface area contributed by atoms with Crippen molar-refractivity contribution < 1.29 is 9.53 Å². The lowest BCUT2D eigenvalue weighted by Crippen LogP contribution is -2.19. The number of halogens is 1. The zero-order chi connectivity index (χ0) is 10.8. The van der Waals surface area contributed by atoms with E-state index in [1.165, 1.54) is 0 Å². The normalized spacial score (nSPS) is 20.8. The molecule has 1 aliphatic heterocycles. The van der Waals surface area contributed by atoms with E-state index in [2.05, 4.69) is 21.0 Å². The van der Waals surface area contributed by atoms with E-state index in [1.54, 1.807) is 10.9 Å². The zero-order valence-electron chi connectivity index (χ0n) is 8.57. The third-order valence-electron chi connectivity index (χ3n) is 2.63. The van der Waals surface area contributed by atoms with Crippen molar-refractivity contribution in [3.05, 3.63) is 16.4 Å². The molecule has 2 heterocycles. The number of carbonyl (C=O) groups excluding carboxylic acids is 1. The largest absolute Gasteiger partial charge is 0.381 e. The number of rotatable bonds is 3. The Morgan fingerprint density at radius 3 is 3.20 bits per heavy atom. The Morgan fingerprint density at radius 1 is 1.80 bits per heavy atom. The summed E-state index contributed by atoms with van der Waals surface area (Å²) in [5, 5.41) is 4.13. The number of hydrogen-bond acceptors (Lipinski definition) is 3. The van der Waals surface area contributed by atoms with Crippen molar-refractivity contribution in [1.82, 2.24) is 9.78 Å². The summed E-state index contributed by atoms with van der Waals surface area (Å²) >= 11 is 3.36. The van der Waals surface area contributed by atoms with E-state index in [-0.39, 0.29) is 11.7 Å². The lowest BCUT2D eigenvalue weighted by molar-refractivity contribution is 0.0888. The smallest absolute Gasteiger partial charge is 0.187 e. The molecule has 2 rings (SSSR count). The quantitative estimate of drug-likeness (QED) is 0.790. The second kappa shape index (κ2) is 4.45. The van der Waals surface area contributed by atoms with Gasteiger partial charge in [0.2, 0.25) is 0 Å². The summed E-state index contributed by atoms with van der Waals surface area (Å²) in [7, 11) is 0. The molecular formula is C10H13BrN2O2. The summed E-state index contributed by atoms with van der Waals surface area (Å²) in [5.41, 5.74) is 0.674. The van der Waals surface area contributed by atoms with Gasteiger partial charge >= 0.3 is 0 Å². The van der Waals surface area contributed by atoms with Crippen LogP contribution in [0.5, 0.6) is 0 Å². The van der Waals surface area contributed by atoms with Crippen molar-refractivity contribution in [2.45, 2.75) is 19.9 Å². The van der Waals surface area contributed by atoms with Crippen molar-refractivity contribution in [3.8, 4) is 0 Å². The molecule has 1 saturated heterocycles. The van der Waals surface area contributed by atoms with Gasteiger partial charge in [0, 0.05) is 19.1 Å². The van der Waals surface area contributed by atoms with Crippen LogP contribution in [0.1, 0.15) is 23.8 Å². The molecule has 0 bridgehead atoms. The molecule has 1 atom stereocenters. The van der Waals surface area contributed by atoms with Gasteiger partial charge in [-0.15, -0.1) is 0 Å². The first-order valence-corrected chi connectivity index (χ1v) is 5.86. The van der Waals surface area contributed by atoms with Gasteiger partial charge in [0.15, 0.2) is 5.78 Å². The predicted octanol–water partition coefficient (Wildman–Crippen LogP) is 1.88. The van der Waals surface area contributed by atoms with Gasteiger partial charge in [0.05, 0.1) is 17.3 Å². The highest BCUT2D eigenvalue weighted by Crippen LogP contribution is 2.23. The fourth-order valence-electron chi connectivity index (χ4n) is 1.78. The van der Waals surface area contributed by atoms with Crippen LogP contribution < -0.4 is 0 Å².